The third-order valence-corrected chi connectivity index (χ3v) is 4.82. The maximum atomic E-state index is 12.0. The minimum atomic E-state index is -0.736. The first-order valence-corrected chi connectivity index (χ1v) is 10.1. The maximum absolute atomic E-state index is 12.0. The van der Waals surface area contributed by atoms with Crippen LogP contribution in [0.1, 0.15) is 10.6 Å². The second-order valence-corrected chi connectivity index (χ2v) is 7.07. The van der Waals surface area contributed by atoms with Gasteiger partial charge < -0.3 is 5.73 Å². The second-order valence-electron chi connectivity index (χ2n) is 7.07. The molecular formula is C25H17N7O. The molecular weight excluding hydrogens is 414 g/mol. The zero-order valence-corrected chi connectivity index (χ0v) is 17.3. The fourth-order valence-corrected chi connectivity index (χ4v) is 3.29. The van der Waals surface area contributed by atoms with E-state index in [9.17, 15) is 4.79 Å². The Morgan fingerprint density at radius 1 is 0.515 bits per heavy atom. The molecule has 5 aromatic rings. The molecule has 0 aliphatic carbocycles. The number of hydrogen-bond acceptors (Lipinski definition) is 7. The fraction of sp³-hybridized carbons (Fsp3) is 0. The SMILES string of the molecule is NC(=O)c1nc(-c2cccc(-c3ccccn3)n2)cc(-c2cccc(-c3ccccn3)n2)n1. The van der Waals surface area contributed by atoms with Gasteiger partial charge in [0, 0.05) is 12.4 Å². The molecule has 1 amide bonds. The zero-order valence-electron chi connectivity index (χ0n) is 17.3. The highest BCUT2D eigenvalue weighted by molar-refractivity contribution is 5.90. The van der Waals surface area contributed by atoms with Gasteiger partial charge in [-0.25, -0.2) is 19.9 Å². The Kier molecular flexibility index (Phi) is 5.30. The molecule has 0 radical (unpaired) electrons. The fourth-order valence-electron chi connectivity index (χ4n) is 3.29. The summed E-state index contributed by atoms with van der Waals surface area (Å²) in [6.45, 7) is 0. The molecule has 2 N–H and O–H groups in total. The molecule has 5 heterocycles. The van der Waals surface area contributed by atoms with Gasteiger partial charge in [-0.2, -0.15) is 0 Å². The lowest BCUT2D eigenvalue weighted by atomic mass is 10.1. The molecule has 0 spiro atoms. The molecule has 8 heteroatoms. The number of pyridine rings is 4. The highest BCUT2D eigenvalue weighted by atomic mass is 16.1. The number of amides is 1. The predicted molar refractivity (Wildman–Crippen MR) is 123 cm³/mol. The Balaban J connectivity index is 1.61. The molecule has 0 fully saturated rings. The van der Waals surface area contributed by atoms with Crippen LogP contribution in [0.5, 0.6) is 0 Å². The lowest BCUT2D eigenvalue weighted by molar-refractivity contribution is 0.0990. The van der Waals surface area contributed by atoms with Gasteiger partial charge >= 0.3 is 0 Å². The molecule has 158 valence electrons. The van der Waals surface area contributed by atoms with E-state index in [0.29, 0.717) is 34.2 Å². The van der Waals surface area contributed by atoms with E-state index >= 15 is 0 Å². The highest BCUT2D eigenvalue weighted by Gasteiger charge is 2.15. The van der Waals surface area contributed by atoms with Crippen LogP contribution < -0.4 is 5.73 Å². The van der Waals surface area contributed by atoms with E-state index in [1.807, 2.05) is 60.7 Å². The summed E-state index contributed by atoms with van der Waals surface area (Å²) in [6, 6.07) is 24.0. The van der Waals surface area contributed by atoms with E-state index in [4.69, 9.17) is 5.73 Å². The summed E-state index contributed by atoms with van der Waals surface area (Å²) in [4.78, 5) is 38.7. The quantitative estimate of drug-likeness (QED) is 0.449. The minimum absolute atomic E-state index is 0.113. The number of carbonyl (C=O) groups is 1. The third kappa shape index (κ3) is 4.31. The largest absolute Gasteiger partial charge is 0.363 e. The normalized spacial score (nSPS) is 10.7. The number of carbonyl (C=O) groups excluding carboxylic acids is 1. The van der Waals surface area contributed by atoms with E-state index in [2.05, 4.69) is 29.9 Å². The average Bonchev–Trinajstić information content (AvgIpc) is 2.89. The molecule has 8 nitrogen and oxygen atoms in total. The molecule has 0 saturated carbocycles. The lowest BCUT2D eigenvalue weighted by Gasteiger charge is -2.08. The van der Waals surface area contributed by atoms with Crippen molar-refractivity contribution in [2.75, 3.05) is 0 Å². The van der Waals surface area contributed by atoms with Gasteiger partial charge in [-0.05, 0) is 54.6 Å². The van der Waals surface area contributed by atoms with Crippen LogP contribution in [0.25, 0.3) is 45.6 Å². The molecule has 5 aromatic heterocycles. The van der Waals surface area contributed by atoms with Crippen LogP contribution in [-0.4, -0.2) is 35.8 Å². The van der Waals surface area contributed by atoms with Crippen molar-refractivity contribution in [3.8, 4) is 45.6 Å². The lowest BCUT2D eigenvalue weighted by Crippen LogP contribution is -2.16. The average molecular weight is 431 g/mol. The van der Waals surface area contributed by atoms with Crippen LogP contribution in [0.3, 0.4) is 0 Å². The van der Waals surface area contributed by atoms with Gasteiger partial charge in [-0.1, -0.05) is 24.3 Å². The zero-order chi connectivity index (χ0) is 22.6. The van der Waals surface area contributed by atoms with Gasteiger partial charge in [0.1, 0.15) is 0 Å². The third-order valence-electron chi connectivity index (χ3n) is 4.82. The van der Waals surface area contributed by atoms with Crippen LogP contribution in [0.2, 0.25) is 0 Å². The Morgan fingerprint density at radius 3 is 1.33 bits per heavy atom. The smallest absolute Gasteiger partial charge is 0.286 e. The molecule has 0 saturated heterocycles. The van der Waals surface area contributed by atoms with E-state index in [0.717, 1.165) is 11.4 Å². The van der Waals surface area contributed by atoms with Crippen molar-refractivity contribution in [3.63, 3.8) is 0 Å². The van der Waals surface area contributed by atoms with Crippen LogP contribution in [0, 0.1) is 0 Å². The highest BCUT2D eigenvalue weighted by Crippen LogP contribution is 2.25. The summed E-state index contributed by atoms with van der Waals surface area (Å²) >= 11 is 0. The Hall–Kier alpha value is -4.85. The van der Waals surface area contributed by atoms with Crippen LogP contribution in [-0.2, 0) is 0 Å². The molecule has 5 rings (SSSR count). The number of nitrogens with two attached hydrogens (primary N) is 1. The Labute approximate surface area is 189 Å². The summed E-state index contributed by atoms with van der Waals surface area (Å²) in [6.07, 6.45) is 3.41. The van der Waals surface area contributed by atoms with Gasteiger partial charge in [0.15, 0.2) is 0 Å². The first-order valence-electron chi connectivity index (χ1n) is 10.1. The minimum Gasteiger partial charge on any atom is -0.363 e. The van der Waals surface area contributed by atoms with Gasteiger partial charge in [-0.3, -0.25) is 14.8 Å². The summed E-state index contributed by atoms with van der Waals surface area (Å²) in [7, 11) is 0. The topological polar surface area (TPSA) is 120 Å². The number of aromatic nitrogens is 6. The first-order chi connectivity index (χ1) is 16.2. The van der Waals surface area contributed by atoms with Crippen molar-refractivity contribution in [2.45, 2.75) is 0 Å². The van der Waals surface area contributed by atoms with Gasteiger partial charge in [0.25, 0.3) is 5.91 Å². The molecule has 33 heavy (non-hydrogen) atoms. The van der Waals surface area contributed by atoms with E-state index in [1.54, 1.807) is 30.6 Å². The monoisotopic (exact) mass is 431 g/mol. The number of hydrogen-bond donors (Lipinski definition) is 1. The first kappa shape index (κ1) is 20.1. The van der Waals surface area contributed by atoms with Gasteiger partial charge in [0.2, 0.25) is 5.82 Å². The van der Waals surface area contributed by atoms with Gasteiger partial charge in [-0.15, -0.1) is 0 Å². The van der Waals surface area contributed by atoms with Crippen molar-refractivity contribution < 1.29 is 4.79 Å². The molecule has 0 aliphatic rings. The molecule has 0 bridgehead atoms. The van der Waals surface area contributed by atoms with Crippen molar-refractivity contribution in [3.05, 3.63) is 97.1 Å². The van der Waals surface area contributed by atoms with Crippen LogP contribution in [0.4, 0.5) is 0 Å². The van der Waals surface area contributed by atoms with Crippen molar-refractivity contribution in [2.24, 2.45) is 5.73 Å². The Morgan fingerprint density at radius 2 is 0.939 bits per heavy atom. The van der Waals surface area contributed by atoms with E-state index < -0.39 is 5.91 Å². The summed E-state index contributed by atoms with van der Waals surface area (Å²) in [5, 5.41) is 0. The molecule has 0 aromatic carbocycles. The Bertz CT molecular complexity index is 1340. The number of rotatable bonds is 5. The molecule has 0 atom stereocenters. The maximum Gasteiger partial charge on any atom is 0.286 e. The van der Waals surface area contributed by atoms with E-state index in [-0.39, 0.29) is 5.82 Å². The number of primary amides is 1. The summed E-state index contributed by atoms with van der Waals surface area (Å²) in [5.74, 6) is -0.850. The number of nitrogens with zero attached hydrogens (tertiary/aromatic N) is 6. The second kappa shape index (κ2) is 8.72. The molecule has 0 aliphatic heterocycles. The van der Waals surface area contributed by atoms with Crippen LogP contribution in [0.15, 0.2) is 91.3 Å². The summed E-state index contributed by atoms with van der Waals surface area (Å²) in [5.41, 5.74) is 10.4. The van der Waals surface area contributed by atoms with E-state index in [1.165, 1.54) is 0 Å². The standard InChI is InChI=1S/C25H17N7O/c26-24(33)25-31-22(20-11-5-9-18(29-20)16-7-1-3-13-27-16)15-23(32-25)21-12-6-10-19(30-21)17-8-2-4-14-28-17/h1-15H,(H2,26,33). The van der Waals surface area contributed by atoms with Crippen LogP contribution >= 0.6 is 0 Å². The van der Waals surface area contributed by atoms with Crippen molar-refractivity contribution in [1.82, 2.24) is 29.9 Å². The van der Waals surface area contributed by atoms with Crippen molar-refractivity contribution >= 4 is 5.91 Å². The van der Waals surface area contributed by atoms with Crippen molar-refractivity contribution in [1.29, 1.82) is 0 Å². The molecule has 0 unspecified atom stereocenters. The predicted octanol–water partition coefficient (Wildman–Crippen LogP) is 3.82. The summed E-state index contributed by atoms with van der Waals surface area (Å²) < 4.78 is 0. The van der Waals surface area contributed by atoms with Gasteiger partial charge in [0.05, 0.1) is 45.6 Å².